The fraction of sp³-hybridized carbons (Fsp3) is 0.308. The van der Waals surface area contributed by atoms with Crippen molar-refractivity contribution in [3.05, 3.63) is 81.5 Å². The number of nitrogens with one attached hydrogen (secondary N) is 1. The number of carbonyl (C=O) groups is 1. The van der Waals surface area contributed by atoms with Gasteiger partial charge in [-0.2, -0.15) is 5.26 Å². The highest BCUT2D eigenvalue weighted by atomic mass is 32.2. The number of hydrogen-bond acceptors (Lipinski definition) is 6. The largest absolute Gasteiger partial charge is 0.316 e. The van der Waals surface area contributed by atoms with Gasteiger partial charge in [0.15, 0.2) is 0 Å². The van der Waals surface area contributed by atoms with Gasteiger partial charge in [0.25, 0.3) is 0 Å². The second-order valence-corrected chi connectivity index (χ2v) is 11.2. The van der Waals surface area contributed by atoms with Crippen LogP contribution < -0.4 is 10.5 Å². The van der Waals surface area contributed by atoms with Crippen LogP contribution in [0.5, 0.6) is 0 Å². The lowest BCUT2D eigenvalue weighted by atomic mass is 9.96. The number of primary sulfonamides is 1. The highest BCUT2D eigenvalue weighted by Crippen LogP contribution is 2.39. The van der Waals surface area contributed by atoms with Gasteiger partial charge in [0, 0.05) is 29.6 Å². The monoisotopic (exact) mass is 528 g/mol. The summed E-state index contributed by atoms with van der Waals surface area (Å²) in [5.41, 5.74) is 2.87. The average molecular weight is 529 g/mol. The minimum absolute atomic E-state index is 0. The number of hydrogen-bond donors (Lipinski definition) is 2. The molecule has 0 saturated heterocycles. The lowest BCUT2D eigenvalue weighted by Crippen LogP contribution is -2.39. The minimum atomic E-state index is -3.80. The van der Waals surface area contributed by atoms with Crippen molar-refractivity contribution >= 4 is 32.3 Å². The maximum Gasteiger partial charge on any atom is 0.238 e. The molecule has 0 aliphatic carbocycles. The summed E-state index contributed by atoms with van der Waals surface area (Å²) in [4.78, 5) is 16.0. The Bertz CT molecular complexity index is 1400. The zero-order valence-corrected chi connectivity index (χ0v) is 20.8. The van der Waals surface area contributed by atoms with E-state index in [1.54, 1.807) is 18.2 Å². The van der Waals surface area contributed by atoms with Crippen molar-refractivity contribution in [3.63, 3.8) is 0 Å². The second-order valence-electron chi connectivity index (χ2n) is 8.53. The molecule has 1 aromatic heterocycles. The minimum Gasteiger partial charge on any atom is -0.316 e. The molecule has 1 atom stereocenters. The predicted octanol–water partition coefficient (Wildman–Crippen LogP) is 4.56. The molecule has 36 heavy (non-hydrogen) atoms. The van der Waals surface area contributed by atoms with E-state index in [9.17, 15) is 22.9 Å². The van der Waals surface area contributed by atoms with E-state index >= 15 is 0 Å². The number of thiophene rings is 1. The first-order valence-electron chi connectivity index (χ1n) is 11.1. The molecule has 3 aromatic rings. The maximum atomic E-state index is 13.7. The van der Waals surface area contributed by atoms with Crippen LogP contribution in [-0.4, -0.2) is 25.3 Å². The zero-order valence-electron chi connectivity index (χ0n) is 19.1. The summed E-state index contributed by atoms with van der Waals surface area (Å²) in [7, 11) is -3.80. The number of carbonyl (C=O) groups excluding carboxylic acids is 1. The first-order valence-corrected chi connectivity index (χ1v) is 13.5. The molecule has 0 radical (unpaired) electrons. The number of nitrogens with two attached hydrogens (primary N) is 1. The molecule has 4 rings (SSSR count). The van der Waals surface area contributed by atoms with Crippen LogP contribution in [-0.2, 0) is 40.7 Å². The van der Waals surface area contributed by atoms with E-state index < -0.39 is 10.0 Å². The molecule has 1 unspecified atom stereocenters. The first kappa shape index (κ1) is 27.5. The summed E-state index contributed by atoms with van der Waals surface area (Å²) in [6, 6.07) is 14.8. The third-order valence-corrected chi connectivity index (χ3v) is 8.22. The molecule has 0 saturated carbocycles. The first-order chi connectivity index (χ1) is 16.7. The Balaban J connectivity index is 0.00000361. The SMILES string of the molecule is C.CCC1Cc2sc(NC(=O)Cc3ccc(S(N)(=O)=O)cc3)c(C#N)c2CN1Cc1cccc(F)c1. The molecule has 1 amide bonds. The van der Waals surface area contributed by atoms with Crippen molar-refractivity contribution in [1.29, 1.82) is 5.26 Å². The Morgan fingerprint density at radius 2 is 1.97 bits per heavy atom. The molecular weight excluding hydrogens is 499 g/mol. The third-order valence-electron chi connectivity index (χ3n) is 6.12. The molecule has 1 aliphatic heterocycles. The smallest absolute Gasteiger partial charge is 0.238 e. The normalized spacial score (nSPS) is 15.4. The summed E-state index contributed by atoms with van der Waals surface area (Å²) in [6.45, 7) is 3.23. The molecule has 10 heteroatoms. The van der Waals surface area contributed by atoms with E-state index in [2.05, 4.69) is 23.2 Å². The van der Waals surface area contributed by atoms with E-state index in [1.165, 1.54) is 35.6 Å². The number of anilines is 1. The molecule has 0 spiro atoms. The fourth-order valence-electron chi connectivity index (χ4n) is 4.34. The number of benzene rings is 2. The summed E-state index contributed by atoms with van der Waals surface area (Å²) in [5, 5.41) is 18.4. The van der Waals surface area contributed by atoms with Gasteiger partial charge < -0.3 is 5.32 Å². The standard InChI is InChI=1S/C25H25FN4O3S2.CH4/c1-2-19-12-23-22(15-30(19)14-17-4-3-5-18(26)10-17)21(13-27)25(34-23)29-24(31)11-16-6-8-20(9-7-16)35(28,32)33;/h3-10,19H,2,11-12,14-15H2,1H3,(H,29,31)(H2,28,32,33);1H4. The van der Waals surface area contributed by atoms with Crippen molar-refractivity contribution < 1.29 is 17.6 Å². The Morgan fingerprint density at radius 3 is 2.58 bits per heavy atom. The van der Waals surface area contributed by atoms with Gasteiger partial charge in [0.05, 0.1) is 16.9 Å². The van der Waals surface area contributed by atoms with E-state index in [4.69, 9.17) is 5.14 Å². The summed E-state index contributed by atoms with van der Waals surface area (Å²) >= 11 is 1.42. The van der Waals surface area contributed by atoms with Crippen LogP contribution in [0.3, 0.4) is 0 Å². The molecule has 7 nitrogen and oxygen atoms in total. The zero-order chi connectivity index (χ0) is 25.2. The Hall–Kier alpha value is -3.10. The number of amides is 1. The van der Waals surface area contributed by atoms with Gasteiger partial charge >= 0.3 is 0 Å². The van der Waals surface area contributed by atoms with Gasteiger partial charge in [-0.15, -0.1) is 11.3 Å². The number of nitrogens with zero attached hydrogens (tertiary/aromatic N) is 2. The van der Waals surface area contributed by atoms with Crippen LogP contribution in [0.2, 0.25) is 0 Å². The highest BCUT2D eigenvalue weighted by Gasteiger charge is 2.30. The molecule has 190 valence electrons. The van der Waals surface area contributed by atoms with Crippen LogP contribution in [0.1, 0.15) is 47.9 Å². The van der Waals surface area contributed by atoms with E-state index in [0.29, 0.717) is 29.2 Å². The molecule has 0 bridgehead atoms. The van der Waals surface area contributed by atoms with Gasteiger partial charge in [-0.05, 0) is 48.2 Å². The van der Waals surface area contributed by atoms with Crippen LogP contribution in [0.4, 0.5) is 9.39 Å². The van der Waals surface area contributed by atoms with Crippen molar-refractivity contribution in [2.75, 3.05) is 5.32 Å². The number of nitriles is 1. The number of sulfonamides is 1. The van der Waals surface area contributed by atoms with E-state index in [1.807, 2.05) is 6.07 Å². The van der Waals surface area contributed by atoms with Crippen LogP contribution in [0, 0.1) is 17.1 Å². The van der Waals surface area contributed by atoms with Crippen molar-refractivity contribution in [2.24, 2.45) is 5.14 Å². The lowest BCUT2D eigenvalue weighted by Gasteiger charge is -2.35. The van der Waals surface area contributed by atoms with Gasteiger partial charge in [-0.25, -0.2) is 17.9 Å². The van der Waals surface area contributed by atoms with Crippen molar-refractivity contribution in [3.8, 4) is 6.07 Å². The maximum absolute atomic E-state index is 13.7. The topological polar surface area (TPSA) is 116 Å². The summed E-state index contributed by atoms with van der Waals surface area (Å²) in [5.74, 6) is -0.571. The van der Waals surface area contributed by atoms with E-state index in [0.717, 1.165) is 28.8 Å². The molecule has 2 heterocycles. The highest BCUT2D eigenvalue weighted by molar-refractivity contribution is 7.89. The van der Waals surface area contributed by atoms with Gasteiger partial charge in [0.2, 0.25) is 15.9 Å². The molecule has 3 N–H and O–H groups in total. The molecule has 2 aromatic carbocycles. The summed E-state index contributed by atoms with van der Waals surface area (Å²) in [6.07, 6.45) is 1.69. The fourth-order valence-corrected chi connectivity index (χ4v) is 6.10. The van der Waals surface area contributed by atoms with Gasteiger partial charge in [0.1, 0.15) is 16.9 Å². The Morgan fingerprint density at radius 1 is 1.25 bits per heavy atom. The third kappa shape index (κ3) is 6.17. The van der Waals surface area contributed by atoms with Crippen molar-refractivity contribution in [2.45, 2.75) is 57.6 Å². The van der Waals surface area contributed by atoms with Crippen molar-refractivity contribution in [1.82, 2.24) is 4.90 Å². The quantitative estimate of drug-likeness (QED) is 0.466. The molecular formula is C26H29FN4O3S2. The second kappa shape index (κ2) is 11.3. The summed E-state index contributed by atoms with van der Waals surface area (Å²) < 4.78 is 36.5. The number of rotatable bonds is 7. The van der Waals surface area contributed by atoms with Crippen LogP contribution in [0.25, 0.3) is 0 Å². The molecule has 1 aliphatic rings. The Labute approximate surface area is 215 Å². The number of halogens is 1. The van der Waals surface area contributed by atoms with Gasteiger partial charge in [-0.1, -0.05) is 38.6 Å². The molecule has 0 fully saturated rings. The van der Waals surface area contributed by atoms with Crippen LogP contribution in [0.15, 0.2) is 53.4 Å². The van der Waals surface area contributed by atoms with Gasteiger partial charge in [-0.3, -0.25) is 9.69 Å². The predicted molar refractivity (Wildman–Crippen MR) is 139 cm³/mol. The lowest BCUT2D eigenvalue weighted by molar-refractivity contribution is -0.115. The van der Waals surface area contributed by atoms with Crippen LogP contribution >= 0.6 is 11.3 Å². The van der Waals surface area contributed by atoms with E-state index in [-0.39, 0.29) is 36.5 Å². The number of fused-ring (bicyclic) bond motifs is 1. The average Bonchev–Trinajstić information content (AvgIpc) is 3.13. The Kier molecular flexibility index (Phi) is 8.63.